The summed E-state index contributed by atoms with van der Waals surface area (Å²) in [6, 6.07) is 4.54. The van der Waals surface area contributed by atoms with Gasteiger partial charge in [0.1, 0.15) is 5.69 Å². The summed E-state index contributed by atoms with van der Waals surface area (Å²) < 4.78 is 0. The first-order chi connectivity index (χ1) is 9.86. The van der Waals surface area contributed by atoms with Crippen molar-refractivity contribution in [1.82, 2.24) is 5.32 Å². The number of nitrogens with zero attached hydrogens (tertiary/aromatic N) is 1. The Balaban J connectivity index is 3.03. The molecule has 2 N–H and O–H groups in total. The maximum atomic E-state index is 12.3. The van der Waals surface area contributed by atoms with Crippen LogP contribution in [0.25, 0.3) is 0 Å². The molecule has 6 nitrogen and oxygen atoms in total. The lowest BCUT2D eigenvalue weighted by atomic mass is 10.0. The van der Waals surface area contributed by atoms with Gasteiger partial charge in [-0.3, -0.25) is 14.9 Å². The number of nitro benzene ring substituents is 1. The zero-order valence-corrected chi connectivity index (χ0v) is 13.0. The number of para-hydroxylation sites is 1. The van der Waals surface area contributed by atoms with Crippen LogP contribution in [0.3, 0.4) is 0 Å². The third kappa shape index (κ3) is 4.73. The monoisotopic (exact) mass is 293 g/mol. The van der Waals surface area contributed by atoms with Crippen LogP contribution in [-0.4, -0.2) is 23.4 Å². The average molecular weight is 293 g/mol. The first-order valence-electron chi connectivity index (χ1n) is 7.18. The summed E-state index contributed by atoms with van der Waals surface area (Å²) in [5.74, 6) is 0.182. The minimum Gasteiger partial charge on any atom is -0.379 e. The highest BCUT2D eigenvalue weighted by atomic mass is 16.6. The maximum Gasteiger partial charge on any atom is 0.293 e. The van der Waals surface area contributed by atoms with Crippen molar-refractivity contribution in [3.8, 4) is 0 Å². The molecule has 0 aromatic heterocycles. The van der Waals surface area contributed by atoms with Crippen molar-refractivity contribution in [2.24, 2.45) is 5.92 Å². The number of rotatable bonds is 7. The van der Waals surface area contributed by atoms with Crippen LogP contribution in [0.1, 0.15) is 44.5 Å². The van der Waals surface area contributed by atoms with E-state index in [4.69, 9.17) is 0 Å². The molecule has 0 spiro atoms. The minimum absolute atomic E-state index is 0.0197. The number of nitro groups is 1. The SMILES string of the molecule is CCNc1c(C(=O)NC(C)CC(C)C)cccc1[N+](=O)[O-]. The molecule has 1 amide bonds. The lowest BCUT2D eigenvalue weighted by Crippen LogP contribution is -2.34. The lowest BCUT2D eigenvalue weighted by molar-refractivity contribution is -0.384. The van der Waals surface area contributed by atoms with E-state index in [1.807, 2.05) is 13.8 Å². The van der Waals surface area contributed by atoms with Gasteiger partial charge >= 0.3 is 0 Å². The van der Waals surface area contributed by atoms with Gasteiger partial charge in [0.05, 0.1) is 10.5 Å². The Kier molecular flexibility index (Phi) is 6.14. The van der Waals surface area contributed by atoms with Crippen LogP contribution >= 0.6 is 0 Å². The molecule has 0 bridgehead atoms. The van der Waals surface area contributed by atoms with E-state index < -0.39 is 4.92 Å². The Morgan fingerprint density at radius 1 is 1.33 bits per heavy atom. The van der Waals surface area contributed by atoms with E-state index in [0.29, 0.717) is 18.0 Å². The molecule has 1 atom stereocenters. The second-order valence-corrected chi connectivity index (χ2v) is 5.49. The number of anilines is 1. The van der Waals surface area contributed by atoms with E-state index in [9.17, 15) is 14.9 Å². The molecule has 0 fully saturated rings. The van der Waals surface area contributed by atoms with E-state index in [1.54, 1.807) is 6.07 Å². The first kappa shape index (κ1) is 16.9. The molecule has 116 valence electrons. The first-order valence-corrected chi connectivity index (χ1v) is 7.18. The highest BCUT2D eigenvalue weighted by Gasteiger charge is 2.22. The van der Waals surface area contributed by atoms with Crippen molar-refractivity contribution in [3.63, 3.8) is 0 Å². The molecular formula is C15H23N3O3. The summed E-state index contributed by atoms with van der Waals surface area (Å²) in [5.41, 5.74) is 0.502. The van der Waals surface area contributed by atoms with Crippen molar-refractivity contribution in [3.05, 3.63) is 33.9 Å². The Morgan fingerprint density at radius 3 is 2.52 bits per heavy atom. The van der Waals surface area contributed by atoms with Gasteiger partial charge in [-0.15, -0.1) is 0 Å². The van der Waals surface area contributed by atoms with Gasteiger partial charge in [-0.25, -0.2) is 0 Å². The van der Waals surface area contributed by atoms with E-state index >= 15 is 0 Å². The van der Waals surface area contributed by atoms with Crippen LogP contribution in [0.5, 0.6) is 0 Å². The summed E-state index contributed by atoms with van der Waals surface area (Å²) in [6.07, 6.45) is 0.858. The Morgan fingerprint density at radius 2 is 2.00 bits per heavy atom. The molecular weight excluding hydrogens is 270 g/mol. The van der Waals surface area contributed by atoms with Crippen LogP contribution in [0.15, 0.2) is 18.2 Å². The van der Waals surface area contributed by atoms with Gasteiger partial charge in [0.25, 0.3) is 11.6 Å². The van der Waals surface area contributed by atoms with E-state index in [-0.39, 0.29) is 23.3 Å². The molecule has 1 aromatic carbocycles. The molecule has 0 saturated carbocycles. The lowest BCUT2D eigenvalue weighted by Gasteiger charge is -2.17. The van der Waals surface area contributed by atoms with Crippen LogP contribution in [0, 0.1) is 16.0 Å². The third-order valence-electron chi connectivity index (χ3n) is 3.04. The number of carbonyl (C=O) groups is 1. The fourth-order valence-electron chi connectivity index (χ4n) is 2.31. The maximum absolute atomic E-state index is 12.3. The molecule has 1 unspecified atom stereocenters. The zero-order chi connectivity index (χ0) is 16.0. The Bertz CT molecular complexity index is 515. The summed E-state index contributed by atoms with van der Waals surface area (Å²) in [6.45, 7) is 8.44. The standard InChI is InChI=1S/C15H23N3O3/c1-5-16-14-12(7-6-8-13(14)18(20)21)15(19)17-11(4)9-10(2)3/h6-8,10-11,16H,5,9H2,1-4H3,(H,17,19). The molecule has 6 heteroatoms. The Labute approximate surface area is 125 Å². The number of benzene rings is 1. The van der Waals surface area contributed by atoms with Gasteiger partial charge in [0, 0.05) is 18.7 Å². The van der Waals surface area contributed by atoms with Gasteiger partial charge in [-0.1, -0.05) is 19.9 Å². The summed E-state index contributed by atoms with van der Waals surface area (Å²) in [4.78, 5) is 22.9. The molecule has 0 radical (unpaired) electrons. The predicted molar refractivity (Wildman–Crippen MR) is 83.6 cm³/mol. The van der Waals surface area contributed by atoms with Gasteiger partial charge in [0.2, 0.25) is 0 Å². The molecule has 1 aromatic rings. The van der Waals surface area contributed by atoms with Crippen molar-refractivity contribution in [2.75, 3.05) is 11.9 Å². The summed E-state index contributed by atoms with van der Waals surface area (Å²) in [5, 5.41) is 16.9. The molecule has 0 saturated heterocycles. The molecule has 0 aliphatic carbocycles. The second-order valence-electron chi connectivity index (χ2n) is 5.49. The molecule has 0 heterocycles. The molecule has 21 heavy (non-hydrogen) atoms. The second kappa shape index (κ2) is 7.61. The summed E-state index contributed by atoms with van der Waals surface area (Å²) in [7, 11) is 0. The number of hydrogen-bond acceptors (Lipinski definition) is 4. The largest absolute Gasteiger partial charge is 0.379 e. The van der Waals surface area contributed by atoms with Crippen LogP contribution in [0.4, 0.5) is 11.4 Å². The average Bonchev–Trinajstić information content (AvgIpc) is 2.37. The van der Waals surface area contributed by atoms with Gasteiger partial charge < -0.3 is 10.6 Å². The van der Waals surface area contributed by atoms with E-state index in [0.717, 1.165) is 6.42 Å². The number of carbonyl (C=O) groups excluding carboxylic acids is 1. The fourth-order valence-corrected chi connectivity index (χ4v) is 2.31. The highest BCUT2D eigenvalue weighted by Crippen LogP contribution is 2.28. The van der Waals surface area contributed by atoms with E-state index in [1.165, 1.54) is 12.1 Å². The zero-order valence-electron chi connectivity index (χ0n) is 13.0. The van der Waals surface area contributed by atoms with Gasteiger partial charge in [0.15, 0.2) is 0 Å². The smallest absolute Gasteiger partial charge is 0.293 e. The number of nitrogens with one attached hydrogen (secondary N) is 2. The number of hydrogen-bond donors (Lipinski definition) is 2. The quantitative estimate of drug-likeness (QED) is 0.597. The number of amides is 1. The normalized spacial score (nSPS) is 12.0. The van der Waals surface area contributed by atoms with Crippen LogP contribution in [-0.2, 0) is 0 Å². The van der Waals surface area contributed by atoms with E-state index in [2.05, 4.69) is 24.5 Å². The van der Waals surface area contributed by atoms with Crippen LogP contribution < -0.4 is 10.6 Å². The fraction of sp³-hybridized carbons (Fsp3) is 0.533. The molecule has 1 rings (SSSR count). The highest BCUT2D eigenvalue weighted by molar-refractivity contribution is 6.01. The summed E-state index contributed by atoms with van der Waals surface area (Å²) >= 11 is 0. The molecule has 0 aliphatic rings. The topological polar surface area (TPSA) is 84.3 Å². The molecule has 0 aliphatic heterocycles. The predicted octanol–water partition coefficient (Wildman–Crippen LogP) is 3.19. The minimum atomic E-state index is -0.480. The van der Waals surface area contributed by atoms with Crippen LogP contribution in [0.2, 0.25) is 0 Å². The Hall–Kier alpha value is -2.11. The van der Waals surface area contributed by atoms with Crippen molar-refractivity contribution >= 4 is 17.3 Å². The van der Waals surface area contributed by atoms with Gasteiger partial charge in [-0.2, -0.15) is 0 Å². The van der Waals surface area contributed by atoms with Gasteiger partial charge in [-0.05, 0) is 32.3 Å². The third-order valence-corrected chi connectivity index (χ3v) is 3.04. The van der Waals surface area contributed by atoms with Crippen molar-refractivity contribution < 1.29 is 9.72 Å². The van der Waals surface area contributed by atoms with Crippen molar-refractivity contribution in [1.29, 1.82) is 0 Å². The van der Waals surface area contributed by atoms with Crippen molar-refractivity contribution in [2.45, 2.75) is 40.2 Å².